The average molecular weight is 489 g/mol. The molecule has 188 valence electrons. The van der Waals surface area contributed by atoms with E-state index in [0.717, 1.165) is 36.4 Å². The van der Waals surface area contributed by atoms with Crippen LogP contribution in [-0.2, 0) is 13.5 Å². The van der Waals surface area contributed by atoms with Gasteiger partial charge in [0.2, 0.25) is 5.95 Å². The molecule has 0 radical (unpaired) electrons. The maximum Gasteiger partial charge on any atom is 0.352 e. The van der Waals surface area contributed by atoms with Crippen molar-refractivity contribution >= 4 is 17.2 Å². The van der Waals surface area contributed by atoms with Crippen LogP contribution in [0, 0.1) is 18.3 Å². The van der Waals surface area contributed by atoms with Gasteiger partial charge in [0.15, 0.2) is 5.65 Å². The van der Waals surface area contributed by atoms with Gasteiger partial charge in [0.25, 0.3) is 0 Å². The summed E-state index contributed by atoms with van der Waals surface area (Å²) >= 11 is 0. The molecule has 11 heteroatoms. The molecule has 1 fully saturated rings. The lowest BCUT2D eigenvalue weighted by atomic mass is 9.99. The van der Waals surface area contributed by atoms with Gasteiger partial charge in [-0.15, -0.1) is 0 Å². The lowest BCUT2D eigenvalue weighted by molar-refractivity contribution is 0.0973. The minimum atomic E-state index is -0.326. The van der Waals surface area contributed by atoms with Crippen molar-refractivity contribution in [1.82, 2.24) is 38.7 Å². The van der Waals surface area contributed by atoms with Gasteiger partial charge in [-0.2, -0.15) is 25.0 Å². The molecule has 0 N–H and O–H groups in total. The van der Waals surface area contributed by atoms with Crippen LogP contribution < -0.4 is 10.6 Å². The Morgan fingerprint density at radius 2 is 1.92 bits per heavy atom. The molecular weight excluding hydrogens is 456 g/mol. The van der Waals surface area contributed by atoms with E-state index in [9.17, 15) is 4.79 Å². The number of nitriles is 1. The highest BCUT2D eigenvalue weighted by molar-refractivity contribution is 5.48. The molecule has 3 atom stereocenters. The van der Waals surface area contributed by atoms with E-state index in [1.54, 1.807) is 17.6 Å². The van der Waals surface area contributed by atoms with Gasteiger partial charge in [0, 0.05) is 38.3 Å². The van der Waals surface area contributed by atoms with E-state index in [1.165, 1.54) is 4.57 Å². The molecule has 4 aromatic heterocycles. The number of aryl methyl sites for hydroxylation is 2. The maximum absolute atomic E-state index is 12.8. The summed E-state index contributed by atoms with van der Waals surface area (Å²) in [5.41, 5.74) is 3.74. The minimum Gasteiger partial charge on any atom is -0.335 e. The Hall–Kier alpha value is -3.78. The van der Waals surface area contributed by atoms with Gasteiger partial charge in [0.05, 0.1) is 41.8 Å². The van der Waals surface area contributed by atoms with E-state index in [1.807, 2.05) is 23.7 Å². The number of anilines is 1. The molecule has 5 heterocycles. The van der Waals surface area contributed by atoms with Crippen LogP contribution >= 0.6 is 0 Å². The van der Waals surface area contributed by atoms with Crippen molar-refractivity contribution < 1.29 is 0 Å². The number of hydrogen-bond donors (Lipinski definition) is 0. The summed E-state index contributed by atoms with van der Waals surface area (Å²) in [6, 6.07) is 8.52. The normalized spacial score (nSPS) is 19.7. The number of imidazole rings is 1. The zero-order valence-electron chi connectivity index (χ0n) is 21.5. The molecule has 11 nitrogen and oxygen atoms in total. The van der Waals surface area contributed by atoms with Gasteiger partial charge in [0.1, 0.15) is 5.65 Å². The van der Waals surface area contributed by atoms with Gasteiger partial charge in [-0.1, -0.05) is 13.8 Å². The predicted octanol–water partition coefficient (Wildman–Crippen LogP) is 2.29. The van der Waals surface area contributed by atoms with E-state index in [2.05, 4.69) is 57.8 Å². The fourth-order valence-corrected chi connectivity index (χ4v) is 5.28. The Morgan fingerprint density at radius 3 is 2.64 bits per heavy atom. The van der Waals surface area contributed by atoms with E-state index in [4.69, 9.17) is 10.4 Å². The number of nitrogens with zero attached hydrogens (tertiary/aromatic N) is 10. The van der Waals surface area contributed by atoms with Crippen molar-refractivity contribution in [2.75, 3.05) is 18.0 Å². The molecule has 5 rings (SSSR count). The molecule has 0 amide bonds. The number of rotatable bonds is 6. The zero-order valence-corrected chi connectivity index (χ0v) is 21.5. The predicted molar refractivity (Wildman–Crippen MR) is 136 cm³/mol. The summed E-state index contributed by atoms with van der Waals surface area (Å²) in [6.45, 7) is 10.1. The summed E-state index contributed by atoms with van der Waals surface area (Å²) in [6.07, 6.45) is 3.96. The zero-order chi connectivity index (χ0) is 25.6. The third-order valence-corrected chi connectivity index (χ3v) is 7.34. The second-order valence-electron chi connectivity index (χ2n) is 9.59. The summed E-state index contributed by atoms with van der Waals surface area (Å²) in [5, 5.41) is 18.6. The average Bonchev–Trinajstić information content (AvgIpc) is 3.47. The fourth-order valence-electron chi connectivity index (χ4n) is 5.28. The van der Waals surface area contributed by atoms with Gasteiger partial charge in [-0.3, -0.25) is 9.47 Å². The van der Waals surface area contributed by atoms with Gasteiger partial charge >= 0.3 is 5.69 Å². The molecule has 0 bridgehead atoms. The highest BCUT2D eigenvalue weighted by atomic mass is 16.1. The first-order chi connectivity index (χ1) is 17.3. The smallest absolute Gasteiger partial charge is 0.335 e. The molecular formula is C25H32N10O. The highest BCUT2D eigenvalue weighted by Crippen LogP contribution is 2.31. The lowest BCUT2D eigenvalue weighted by Crippen LogP contribution is -2.59. The van der Waals surface area contributed by atoms with E-state index in [0.29, 0.717) is 23.8 Å². The molecule has 0 saturated carbocycles. The van der Waals surface area contributed by atoms with Crippen molar-refractivity contribution in [2.45, 2.75) is 65.1 Å². The molecule has 1 saturated heterocycles. The number of aromatic nitrogens is 7. The highest BCUT2D eigenvalue weighted by Gasteiger charge is 2.37. The Bertz CT molecular complexity index is 1510. The molecule has 4 aromatic rings. The minimum absolute atomic E-state index is 0.113. The number of fused-ring (bicyclic) bond motifs is 2. The molecule has 0 aromatic carbocycles. The topological polar surface area (TPSA) is 113 Å². The second-order valence-corrected chi connectivity index (χ2v) is 9.59. The summed E-state index contributed by atoms with van der Waals surface area (Å²) in [5.74, 6) is 0.545. The Morgan fingerprint density at radius 1 is 1.14 bits per heavy atom. The van der Waals surface area contributed by atoms with Crippen molar-refractivity contribution in [3.05, 3.63) is 52.0 Å². The first-order valence-corrected chi connectivity index (χ1v) is 12.5. The van der Waals surface area contributed by atoms with E-state index < -0.39 is 0 Å². The van der Waals surface area contributed by atoms with Gasteiger partial charge < -0.3 is 4.90 Å². The largest absolute Gasteiger partial charge is 0.352 e. The molecule has 36 heavy (non-hydrogen) atoms. The van der Waals surface area contributed by atoms with Crippen LogP contribution in [0.3, 0.4) is 0 Å². The van der Waals surface area contributed by atoms with E-state index >= 15 is 0 Å². The van der Waals surface area contributed by atoms with Crippen molar-refractivity contribution in [1.29, 1.82) is 5.26 Å². The van der Waals surface area contributed by atoms with Crippen LogP contribution in [0.15, 0.2) is 29.2 Å². The Kier molecular flexibility index (Phi) is 6.22. The first-order valence-electron chi connectivity index (χ1n) is 12.5. The van der Waals surface area contributed by atoms with Crippen LogP contribution in [0.2, 0.25) is 0 Å². The second kappa shape index (κ2) is 9.35. The number of hydrogen-bond acceptors (Lipinski definition) is 8. The third-order valence-electron chi connectivity index (χ3n) is 7.34. The Labute approximate surface area is 209 Å². The third kappa shape index (κ3) is 4.01. The van der Waals surface area contributed by atoms with Crippen LogP contribution in [0.5, 0.6) is 0 Å². The monoisotopic (exact) mass is 488 g/mol. The standard InChI is InChI=1S/C25H32N10O/c1-6-19-15-33(24-28-25(36)31(5)23-12-18(10-11-26)29-35(23)24)20(7-2)14-32(19)17(4)21-8-9-22-27-16(3)13-34(22)30-21/h8-9,12-13,17,19-20H,6-7,10,14-15H2,1-5H3/t17-,19+,20-/m0/s1. The maximum atomic E-state index is 12.8. The first kappa shape index (κ1) is 23.9. The van der Waals surface area contributed by atoms with Crippen molar-refractivity contribution in [3.8, 4) is 6.07 Å². The van der Waals surface area contributed by atoms with Crippen LogP contribution in [0.1, 0.15) is 56.7 Å². The number of piperazine rings is 1. The molecule has 0 spiro atoms. The van der Waals surface area contributed by atoms with Crippen LogP contribution in [-0.4, -0.2) is 63.8 Å². The van der Waals surface area contributed by atoms with Crippen molar-refractivity contribution in [2.24, 2.45) is 7.05 Å². The van der Waals surface area contributed by atoms with Gasteiger partial charge in [-0.05, 0) is 38.8 Å². The molecule has 0 aliphatic carbocycles. The lowest BCUT2D eigenvalue weighted by Gasteiger charge is -2.48. The van der Waals surface area contributed by atoms with Crippen LogP contribution in [0.25, 0.3) is 11.3 Å². The fraction of sp³-hybridized carbons (Fsp3) is 0.520. The summed E-state index contributed by atoms with van der Waals surface area (Å²) in [4.78, 5) is 26.5. The molecule has 1 aliphatic heterocycles. The van der Waals surface area contributed by atoms with Crippen molar-refractivity contribution in [3.63, 3.8) is 0 Å². The summed E-state index contributed by atoms with van der Waals surface area (Å²) in [7, 11) is 1.68. The summed E-state index contributed by atoms with van der Waals surface area (Å²) < 4.78 is 5.06. The quantitative estimate of drug-likeness (QED) is 0.406. The van der Waals surface area contributed by atoms with Gasteiger partial charge in [-0.25, -0.2) is 14.3 Å². The molecule has 1 aliphatic rings. The van der Waals surface area contributed by atoms with Crippen LogP contribution in [0.4, 0.5) is 5.95 Å². The Balaban J connectivity index is 1.50. The molecule has 0 unspecified atom stereocenters. The SMILES string of the molecule is CC[C@H]1CN([C@@H](C)c2ccc3nc(C)cn3n2)[C@H](CC)CN1c1nc(=O)n(C)c2cc(CC#N)nn12. The van der Waals surface area contributed by atoms with E-state index in [-0.39, 0.29) is 30.2 Å².